The van der Waals surface area contributed by atoms with Crippen molar-refractivity contribution in [2.75, 3.05) is 26.7 Å². The van der Waals surface area contributed by atoms with Gasteiger partial charge in [-0.2, -0.15) is 0 Å². The number of rotatable bonds is 3. The molecule has 1 aromatic carbocycles. The highest BCUT2D eigenvalue weighted by Gasteiger charge is 2.34. The summed E-state index contributed by atoms with van der Waals surface area (Å²) in [5, 5.41) is 3.08. The third kappa shape index (κ3) is 3.40. The fraction of sp³-hybridized carbons (Fsp3) is 0.579. The van der Waals surface area contributed by atoms with Crippen molar-refractivity contribution in [1.82, 2.24) is 10.2 Å². The van der Waals surface area contributed by atoms with Crippen molar-refractivity contribution < 1.29 is 14.3 Å². The van der Waals surface area contributed by atoms with Gasteiger partial charge in [-0.25, -0.2) is 4.79 Å². The van der Waals surface area contributed by atoms with Crippen LogP contribution in [-0.4, -0.2) is 43.6 Å². The number of piperidine rings is 1. The molecule has 0 saturated carbocycles. The van der Waals surface area contributed by atoms with E-state index in [-0.39, 0.29) is 23.8 Å². The number of methoxy groups -OCH3 is 1. The van der Waals surface area contributed by atoms with Crippen molar-refractivity contribution in [3.05, 3.63) is 35.4 Å². The number of aryl methyl sites for hydroxylation is 1. The Bertz CT molecular complexity index is 616. The standard InChI is InChI=1S/C19H26N2O3/c1-13-12-21(10-9-16(13)18(22)24-2)19(23)20-11-15-8-7-14-5-3-4-6-17(14)15/h3-6,13,15-16H,7-12H2,1-2H3,(H,20,23)/t13-,15-,16-/m1/s1. The predicted octanol–water partition coefficient (Wildman–Crippen LogP) is 2.56. The topological polar surface area (TPSA) is 58.6 Å². The molecule has 5 nitrogen and oxygen atoms in total. The fourth-order valence-electron chi connectivity index (χ4n) is 4.01. The summed E-state index contributed by atoms with van der Waals surface area (Å²) in [6, 6.07) is 8.47. The minimum atomic E-state index is -0.162. The molecule has 1 aromatic rings. The molecule has 1 N–H and O–H groups in total. The number of fused-ring (bicyclic) bond motifs is 1. The van der Waals surface area contributed by atoms with Crippen LogP contribution in [0.1, 0.15) is 36.8 Å². The number of ether oxygens (including phenoxy) is 1. The summed E-state index contributed by atoms with van der Waals surface area (Å²) in [5.41, 5.74) is 2.78. The molecule has 1 aliphatic carbocycles. The van der Waals surface area contributed by atoms with Crippen molar-refractivity contribution in [1.29, 1.82) is 0 Å². The SMILES string of the molecule is COC(=O)[C@@H]1CCN(C(=O)NC[C@H]2CCc3ccccc32)C[C@H]1C. The molecule has 1 fully saturated rings. The summed E-state index contributed by atoms with van der Waals surface area (Å²) in [7, 11) is 1.42. The Balaban J connectivity index is 1.51. The van der Waals surface area contributed by atoms with Crippen LogP contribution in [0.25, 0.3) is 0 Å². The zero-order valence-corrected chi connectivity index (χ0v) is 14.5. The first-order chi connectivity index (χ1) is 11.6. The summed E-state index contributed by atoms with van der Waals surface area (Å²) < 4.78 is 4.85. The Morgan fingerprint density at radius 2 is 2.08 bits per heavy atom. The number of nitrogens with zero attached hydrogens (tertiary/aromatic N) is 1. The van der Waals surface area contributed by atoms with E-state index in [1.807, 2.05) is 11.8 Å². The average molecular weight is 330 g/mol. The lowest BCUT2D eigenvalue weighted by molar-refractivity contribution is -0.148. The summed E-state index contributed by atoms with van der Waals surface area (Å²) in [4.78, 5) is 26.0. The van der Waals surface area contributed by atoms with Gasteiger partial charge in [0.2, 0.25) is 0 Å². The van der Waals surface area contributed by atoms with Crippen LogP contribution in [0.5, 0.6) is 0 Å². The van der Waals surface area contributed by atoms with Crippen LogP contribution in [-0.2, 0) is 16.0 Å². The van der Waals surface area contributed by atoms with Crippen molar-refractivity contribution in [3.8, 4) is 0 Å². The lowest BCUT2D eigenvalue weighted by Crippen LogP contribution is -2.49. The smallest absolute Gasteiger partial charge is 0.317 e. The van der Waals surface area contributed by atoms with Crippen molar-refractivity contribution in [2.45, 2.75) is 32.1 Å². The van der Waals surface area contributed by atoms with Crippen LogP contribution in [0, 0.1) is 11.8 Å². The molecular formula is C19H26N2O3. The summed E-state index contributed by atoms with van der Waals surface area (Å²) in [6.45, 7) is 3.90. The van der Waals surface area contributed by atoms with E-state index >= 15 is 0 Å². The first-order valence-electron chi connectivity index (χ1n) is 8.78. The van der Waals surface area contributed by atoms with Crippen LogP contribution >= 0.6 is 0 Å². The Kier molecular flexibility index (Phi) is 5.07. The zero-order chi connectivity index (χ0) is 17.1. The van der Waals surface area contributed by atoms with E-state index in [2.05, 4.69) is 29.6 Å². The number of nitrogens with one attached hydrogen (secondary N) is 1. The van der Waals surface area contributed by atoms with Gasteiger partial charge in [0.1, 0.15) is 0 Å². The van der Waals surface area contributed by atoms with Gasteiger partial charge < -0.3 is 15.0 Å². The number of amides is 2. The second-order valence-corrected chi connectivity index (χ2v) is 6.96. The van der Waals surface area contributed by atoms with Gasteiger partial charge in [-0.3, -0.25) is 4.79 Å². The molecule has 0 aromatic heterocycles. The third-order valence-electron chi connectivity index (χ3n) is 5.45. The van der Waals surface area contributed by atoms with Crippen molar-refractivity contribution in [2.24, 2.45) is 11.8 Å². The Hall–Kier alpha value is -2.04. The van der Waals surface area contributed by atoms with E-state index in [0.29, 0.717) is 32.0 Å². The van der Waals surface area contributed by atoms with Gasteiger partial charge in [-0.1, -0.05) is 31.2 Å². The van der Waals surface area contributed by atoms with E-state index in [4.69, 9.17) is 4.74 Å². The van der Waals surface area contributed by atoms with Crippen LogP contribution in [0.2, 0.25) is 0 Å². The highest BCUT2D eigenvalue weighted by molar-refractivity contribution is 5.76. The monoisotopic (exact) mass is 330 g/mol. The van der Waals surface area contributed by atoms with Gasteiger partial charge in [0.15, 0.2) is 0 Å². The lowest BCUT2D eigenvalue weighted by atomic mass is 9.87. The minimum Gasteiger partial charge on any atom is -0.469 e. The Labute approximate surface area is 143 Å². The van der Waals surface area contributed by atoms with E-state index in [9.17, 15) is 9.59 Å². The first kappa shape index (κ1) is 16.8. The molecule has 2 amide bonds. The van der Waals surface area contributed by atoms with Gasteiger partial charge in [-0.15, -0.1) is 0 Å². The molecule has 0 bridgehead atoms. The number of benzene rings is 1. The normalized spacial score (nSPS) is 25.9. The molecule has 3 rings (SSSR count). The predicted molar refractivity (Wildman–Crippen MR) is 91.8 cm³/mol. The molecule has 1 heterocycles. The zero-order valence-electron chi connectivity index (χ0n) is 14.5. The van der Waals surface area contributed by atoms with E-state index < -0.39 is 0 Å². The Morgan fingerprint density at radius 3 is 2.83 bits per heavy atom. The summed E-state index contributed by atoms with van der Waals surface area (Å²) >= 11 is 0. The highest BCUT2D eigenvalue weighted by Crippen LogP contribution is 2.32. The molecule has 130 valence electrons. The molecule has 0 radical (unpaired) electrons. The maximum absolute atomic E-state index is 12.5. The fourth-order valence-corrected chi connectivity index (χ4v) is 4.01. The number of hydrogen-bond donors (Lipinski definition) is 1. The van der Waals surface area contributed by atoms with Gasteiger partial charge in [0, 0.05) is 25.6 Å². The van der Waals surface area contributed by atoms with Gasteiger partial charge >= 0.3 is 12.0 Å². The van der Waals surface area contributed by atoms with Gasteiger partial charge in [0.05, 0.1) is 13.0 Å². The first-order valence-corrected chi connectivity index (χ1v) is 8.78. The maximum atomic E-state index is 12.5. The van der Waals surface area contributed by atoms with Gasteiger partial charge in [0.25, 0.3) is 0 Å². The summed E-state index contributed by atoms with van der Waals surface area (Å²) in [6.07, 6.45) is 2.87. The van der Waals surface area contributed by atoms with E-state index in [1.165, 1.54) is 18.2 Å². The molecule has 1 aliphatic heterocycles. The average Bonchev–Trinajstić information content (AvgIpc) is 3.02. The molecule has 2 aliphatic rings. The number of likely N-dealkylation sites (tertiary alicyclic amines) is 1. The van der Waals surface area contributed by atoms with Crippen molar-refractivity contribution >= 4 is 12.0 Å². The molecule has 24 heavy (non-hydrogen) atoms. The molecule has 0 unspecified atom stereocenters. The minimum absolute atomic E-state index is 0.0189. The highest BCUT2D eigenvalue weighted by atomic mass is 16.5. The van der Waals surface area contributed by atoms with E-state index in [0.717, 1.165) is 12.8 Å². The molecular weight excluding hydrogens is 304 g/mol. The molecule has 5 heteroatoms. The number of carbonyl (C=O) groups is 2. The molecule has 1 saturated heterocycles. The van der Waals surface area contributed by atoms with Crippen molar-refractivity contribution in [3.63, 3.8) is 0 Å². The second-order valence-electron chi connectivity index (χ2n) is 6.96. The van der Waals surface area contributed by atoms with Crippen LogP contribution in [0.4, 0.5) is 4.79 Å². The number of hydrogen-bond acceptors (Lipinski definition) is 3. The number of carbonyl (C=O) groups excluding carboxylic acids is 2. The number of urea groups is 1. The van der Waals surface area contributed by atoms with Crippen LogP contribution < -0.4 is 5.32 Å². The lowest BCUT2D eigenvalue weighted by Gasteiger charge is -2.35. The number of esters is 1. The Morgan fingerprint density at radius 1 is 1.29 bits per heavy atom. The quantitative estimate of drug-likeness (QED) is 0.867. The largest absolute Gasteiger partial charge is 0.469 e. The third-order valence-corrected chi connectivity index (χ3v) is 5.45. The van der Waals surface area contributed by atoms with Crippen LogP contribution in [0.15, 0.2) is 24.3 Å². The molecule has 3 atom stereocenters. The van der Waals surface area contributed by atoms with Gasteiger partial charge in [-0.05, 0) is 36.3 Å². The second kappa shape index (κ2) is 7.24. The molecule has 0 spiro atoms. The summed E-state index contributed by atoms with van der Waals surface area (Å²) in [5.74, 6) is 0.283. The van der Waals surface area contributed by atoms with E-state index in [1.54, 1.807) is 0 Å². The van der Waals surface area contributed by atoms with Crippen LogP contribution in [0.3, 0.4) is 0 Å². The maximum Gasteiger partial charge on any atom is 0.317 e.